The number of imidazole rings is 2. The monoisotopic (exact) mass is 1050 g/mol. The average Bonchev–Trinajstić information content (AvgIpc) is 4.35. The molecule has 4 aromatic carbocycles. The first-order valence-electron chi connectivity index (χ1n) is 27.2. The Kier molecular flexibility index (Phi) is 14.5. The van der Waals surface area contributed by atoms with E-state index in [1.165, 1.54) is 31.9 Å². The van der Waals surface area contributed by atoms with Gasteiger partial charge < -0.3 is 44.7 Å². The lowest BCUT2D eigenvalue weighted by atomic mass is 9.84. The Labute approximate surface area is 448 Å². The molecule has 4 N–H and O–H groups in total. The largest absolute Gasteiger partial charge is 0.465 e. The lowest BCUT2D eigenvalue weighted by Crippen LogP contribution is -2.54. The number of piperidine rings is 1. The van der Waals surface area contributed by atoms with Gasteiger partial charge in [-0.15, -0.1) is 0 Å². The van der Waals surface area contributed by atoms with Crippen molar-refractivity contribution in [3.05, 3.63) is 119 Å². The standard InChI is InChI=1S/C59H72F2N10O6/c1-58(2,3)50(66-56(74)77-8)54(72)69-26-12-16-47(69)52-62-41-20-18-36(30-43(41)64-52)45-22-23-46(71(45)38-32-39(60)49(40(61)33-38)68-28-24-35(25-29-68)34-14-10-9-11-15-34)37-19-21-42-44(31-37)65-53(63-42)48-17-13-27-70(48)55(73)51(59(4,5)6)67(7)57(75)76/h9-11,14-15,18-21,30-33,35,45-48,50-51H,12-13,16-17,22-29H2,1-8H3,(H,62,64)(H,63,65)(H,66,74)(H,75,76)/t45-,46-,47+,48+,50-,51-/m1/s1. The van der Waals surface area contributed by atoms with Gasteiger partial charge in [0.05, 0.1) is 53.3 Å². The van der Waals surface area contributed by atoms with Gasteiger partial charge in [-0.1, -0.05) is 84.0 Å². The van der Waals surface area contributed by atoms with E-state index in [1.54, 1.807) is 9.80 Å². The number of carbonyl (C=O) groups is 4. The highest BCUT2D eigenvalue weighted by atomic mass is 19.1. The summed E-state index contributed by atoms with van der Waals surface area (Å²) in [5.41, 5.74) is 5.14. The molecule has 4 aliphatic heterocycles. The minimum absolute atomic E-state index is 0.0132. The van der Waals surface area contributed by atoms with Crippen LogP contribution in [-0.4, -0.2) is 116 Å². The molecule has 77 heavy (non-hydrogen) atoms. The average molecular weight is 1060 g/mol. The number of aromatic amines is 2. The fourth-order valence-electron chi connectivity index (χ4n) is 12.8. The lowest BCUT2D eigenvalue weighted by Gasteiger charge is -2.38. The summed E-state index contributed by atoms with van der Waals surface area (Å²) in [6.45, 7) is 13.3. The van der Waals surface area contributed by atoms with Crippen LogP contribution in [0.3, 0.4) is 0 Å². The van der Waals surface area contributed by atoms with Gasteiger partial charge in [0, 0.05) is 38.9 Å². The third-order valence-corrected chi connectivity index (χ3v) is 16.6. The topological polar surface area (TPSA) is 183 Å². The molecule has 4 amide bonds. The maximum absolute atomic E-state index is 16.9. The molecule has 2 aromatic heterocycles. The van der Waals surface area contributed by atoms with Crippen LogP contribution < -0.4 is 15.1 Å². The molecule has 4 saturated heterocycles. The maximum Gasteiger partial charge on any atom is 0.407 e. The molecule has 0 bridgehead atoms. The van der Waals surface area contributed by atoms with Gasteiger partial charge in [-0.05, 0) is 121 Å². The number of halogens is 2. The normalized spacial score (nSPS) is 21.3. The first-order valence-corrected chi connectivity index (χ1v) is 27.2. The first-order chi connectivity index (χ1) is 36.7. The van der Waals surface area contributed by atoms with Crippen molar-refractivity contribution < 1.29 is 37.8 Å². The molecule has 16 nitrogen and oxygen atoms in total. The zero-order valence-corrected chi connectivity index (χ0v) is 45.4. The molecule has 6 atom stereocenters. The number of anilines is 2. The van der Waals surface area contributed by atoms with Gasteiger partial charge >= 0.3 is 12.2 Å². The van der Waals surface area contributed by atoms with Crippen molar-refractivity contribution >= 4 is 57.4 Å². The van der Waals surface area contributed by atoms with Gasteiger partial charge in [0.15, 0.2) is 11.6 Å². The van der Waals surface area contributed by atoms with Crippen LogP contribution in [0, 0.1) is 22.5 Å². The van der Waals surface area contributed by atoms with Crippen LogP contribution in [0.1, 0.15) is 151 Å². The minimum atomic E-state index is -1.17. The quantitative estimate of drug-likeness (QED) is 0.0974. The summed E-state index contributed by atoms with van der Waals surface area (Å²) < 4.78 is 38.6. The summed E-state index contributed by atoms with van der Waals surface area (Å²) in [7, 11) is 2.71. The number of methoxy groups -OCH3 is 1. The number of alkyl carbamates (subject to hydrolysis) is 1. The molecular weight excluding hydrogens is 983 g/mol. The van der Waals surface area contributed by atoms with E-state index in [-0.39, 0.29) is 41.7 Å². The van der Waals surface area contributed by atoms with Gasteiger partial charge in [0.2, 0.25) is 11.8 Å². The van der Waals surface area contributed by atoms with Crippen LogP contribution in [0.25, 0.3) is 22.1 Å². The van der Waals surface area contributed by atoms with E-state index in [0.29, 0.717) is 86.1 Å². The number of rotatable bonds is 11. The summed E-state index contributed by atoms with van der Waals surface area (Å²) in [5, 5.41) is 12.7. The van der Waals surface area contributed by atoms with E-state index in [1.807, 2.05) is 101 Å². The first kappa shape index (κ1) is 53.2. The predicted molar refractivity (Wildman–Crippen MR) is 292 cm³/mol. The zero-order chi connectivity index (χ0) is 54.7. The van der Waals surface area contributed by atoms with Crippen LogP contribution in [0.4, 0.5) is 29.7 Å². The molecule has 0 saturated carbocycles. The third-order valence-electron chi connectivity index (χ3n) is 16.6. The number of hydrogen-bond acceptors (Lipinski definition) is 9. The summed E-state index contributed by atoms with van der Waals surface area (Å²) in [6.07, 6.45) is 3.86. The predicted octanol–water partition coefficient (Wildman–Crippen LogP) is 11.3. The van der Waals surface area contributed by atoms with E-state index in [0.717, 1.165) is 52.7 Å². The summed E-state index contributed by atoms with van der Waals surface area (Å²) in [5.74, 6) is -0.139. The van der Waals surface area contributed by atoms with Gasteiger partial charge in [-0.25, -0.2) is 28.3 Å². The summed E-state index contributed by atoms with van der Waals surface area (Å²) in [4.78, 5) is 78.8. The molecule has 0 radical (unpaired) electrons. The maximum atomic E-state index is 16.9. The van der Waals surface area contributed by atoms with E-state index < -0.39 is 46.7 Å². The number of nitrogens with one attached hydrogen (secondary N) is 3. The van der Waals surface area contributed by atoms with E-state index >= 15 is 8.78 Å². The molecule has 6 heterocycles. The molecule has 10 rings (SSSR count). The van der Waals surface area contributed by atoms with Crippen LogP contribution in [0.15, 0.2) is 78.9 Å². The van der Waals surface area contributed by atoms with E-state index in [9.17, 15) is 24.3 Å². The van der Waals surface area contributed by atoms with Gasteiger partial charge in [0.25, 0.3) is 0 Å². The fraction of sp³-hybridized carbons (Fsp3) is 0.492. The highest BCUT2D eigenvalue weighted by molar-refractivity contribution is 5.88. The van der Waals surface area contributed by atoms with Gasteiger partial charge in [0.1, 0.15) is 29.4 Å². The van der Waals surface area contributed by atoms with Crippen LogP contribution in [0.2, 0.25) is 0 Å². The Bertz CT molecular complexity index is 3150. The molecule has 0 aliphatic carbocycles. The molecule has 408 valence electrons. The Morgan fingerprint density at radius 1 is 0.675 bits per heavy atom. The van der Waals surface area contributed by atoms with Crippen molar-refractivity contribution in [3.8, 4) is 0 Å². The van der Waals surface area contributed by atoms with Crippen molar-refractivity contribution in [2.45, 2.75) is 135 Å². The van der Waals surface area contributed by atoms with E-state index in [2.05, 4.69) is 32.3 Å². The summed E-state index contributed by atoms with van der Waals surface area (Å²) in [6, 6.07) is 22.2. The Morgan fingerprint density at radius 3 is 1.68 bits per heavy atom. The number of benzene rings is 4. The van der Waals surface area contributed by atoms with Crippen molar-refractivity contribution in [2.75, 3.05) is 50.1 Å². The smallest absolute Gasteiger partial charge is 0.407 e. The number of carboxylic acid groups (broad SMARTS) is 1. The second kappa shape index (κ2) is 20.9. The highest BCUT2D eigenvalue weighted by Gasteiger charge is 2.45. The molecule has 0 unspecified atom stereocenters. The second-order valence-electron chi connectivity index (χ2n) is 23.7. The van der Waals surface area contributed by atoms with Crippen molar-refractivity contribution in [1.82, 2.24) is 40.0 Å². The minimum Gasteiger partial charge on any atom is -0.465 e. The van der Waals surface area contributed by atoms with Crippen molar-refractivity contribution in [3.63, 3.8) is 0 Å². The SMILES string of the molecule is COC(=O)N[C@H](C(=O)N1CCC[C@H]1c1nc2cc([C@H]3CC[C@H](c4ccc5[nH]c([C@@H]6CCCN6C(=O)[C@@H](N(C)C(=O)O)C(C)(C)C)nc5c4)N3c3cc(F)c(N4CCC(c5ccccc5)CC4)c(F)c3)ccc2[nH]1)C(C)(C)C. The van der Waals surface area contributed by atoms with E-state index in [4.69, 9.17) is 14.7 Å². The van der Waals surface area contributed by atoms with Crippen LogP contribution >= 0.6 is 0 Å². The molecular formula is C59H72F2N10O6. The van der Waals surface area contributed by atoms with Crippen molar-refractivity contribution in [2.24, 2.45) is 10.8 Å². The highest BCUT2D eigenvalue weighted by Crippen LogP contribution is 2.49. The molecule has 6 aromatic rings. The lowest BCUT2D eigenvalue weighted by molar-refractivity contribution is -0.141. The number of H-pyrrole nitrogens is 2. The molecule has 18 heteroatoms. The van der Waals surface area contributed by atoms with Gasteiger partial charge in [-0.2, -0.15) is 0 Å². The number of likely N-dealkylation sites (N-methyl/N-ethyl adjacent to an activating group) is 1. The zero-order valence-electron chi connectivity index (χ0n) is 45.4. The van der Waals surface area contributed by atoms with Gasteiger partial charge in [-0.3, -0.25) is 14.5 Å². The number of hydrogen-bond donors (Lipinski definition) is 4. The molecule has 0 spiro atoms. The Balaban J connectivity index is 0.973. The Morgan fingerprint density at radius 2 is 1.19 bits per heavy atom. The fourth-order valence-corrected chi connectivity index (χ4v) is 12.8. The second-order valence-corrected chi connectivity index (χ2v) is 23.7. The molecule has 4 aliphatic rings. The number of fused-ring (bicyclic) bond motifs is 2. The number of nitrogens with zero attached hydrogens (tertiary/aromatic N) is 7. The number of aromatic nitrogens is 4. The summed E-state index contributed by atoms with van der Waals surface area (Å²) >= 11 is 0. The number of ether oxygens (including phenoxy) is 1. The number of likely N-dealkylation sites (tertiary alicyclic amines) is 2. The number of amides is 4. The number of carbonyl (C=O) groups excluding carboxylic acids is 3. The van der Waals surface area contributed by atoms with Crippen LogP contribution in [0.5, 0.6) is 0 Å². The van der Waals surface area contributed by atoms with Crippen molar-refractivity contribution in [1.29, 1.82) is 0 Å². The molecule has 4 fully saturated rings. The van der Waals surface area contributed by atoms with Crippen LogP contribution in [-0.2, 0) is 14.3 Å². The third kappa shape index (κ3) is 10.4. The Hall–Kier alpha value is -7.24.